The molecule has 4 heterocycles. The Morgan fingerprint density at radius 2 is 0.941 bits per heavy atom. The second kappa shape index (κ2) is 11.3. The SMILES string of the molecule is CCCCCCCCn1c2cc3c4sccc4n(CCCCCCCC)c3cc2c2sccc21. The van der Waals surface area contributed by atoms with Crippen molar-refractivity contribution >= 4 is 64.9 Å². The minimum atomic E-state index is 1.14. The second-order valence-electron chi connectivity index (χ2n) is 10.00. The number of benzene rings is 1. The summed E-state index contributed by atoms with van der Waals surface area (Å²) in [5, 5.41) is 7.47. The maximum Gasteiger partial charge on any atom is 0.0601 e. The molecule has 1 aromatic carbocycles. The van der Waals surface area contributed by atoms with Gasteiger partial charge < -0.3 is 9.13 Å². The van der Waals surface area contributed by atoms with Crippen LogP contribution in [0.5, 0.6) is 0 Å². The normalized spacial score (nSPS) is 12.3. The van der Waals surface area contributed by atoms with Crippen LogP contribution in [0, 0.1) is 0 Å². The summed E-state index contributed by atoms with van der Waals surface area (Å²) in [7, 11) is 0. The van der Waals surface area contributed by atoms with E-state index < -0.39 is 0 Å². The molecule has 0 atom stereocenters. The van der Waals surface area contributed by atoms with Crippen LogP contribution in [0.1, 0.15) is 90.9 Å². The van der Waals surface area contributed by atoms with E-state index in [0.717, 1.165) is 13.1 Å². The molecule has 0 bridgehead atoms. The highest BCUT2D eigenvalue weighted by Crippen LogP contribution is 2.40. The standard InChI is InChI=1S/C30H40N2S2/c1-3-5-7-9-11-13-17-31-25-15-19-33-29(25)23-22-28-24(21-27(23)31)30-26(16-20-34-30)32(28)18-14-12-10-8-6-4-2/h15-16,19-22H,3-14,17-18H2,1-2H3. The number of hydrogen-bond acceptors (Lipinski definition) is 2. The second-order valence-corrected chi connectivity index (χ2v) is 11.8. The number of aromatic nitrogens is 2. The molecule has 0 fully saturated rings. The number of fused-ring (bicyclic) bond motifs is 6. The van der Waals surface area contributed by atoms with Gasteiger partial charge in [-0.15, -0.1) is 22.7 Å². The Balaban J connectivity index is 1.45. The van der Waals surface area contributed by atoms with Crippen molar-refractivity contribution in [3.63, 3.8) is 0 Å². The predicted molar refractivity (Wildman–Crippen MR) is 155 cm³/mol. The zero-order valence-electron chi connectivity index (χ0n) is 21.1. The first-order valence-corrected chi connectivity index (χ1v) is 15.5. The average molecular weight is 493 g/mol. The van der Waals surface area contributed by atoms with E-state index in [-0.39, 0.29) is 0 Å². The molecule has 0 amide bonds. The average Bonchev–Trinajstić information content (AvgIpc) is 3.61. The van der Waals surface area contributed by atoms with Gasteiger partial charge in [-0.3, -0.25) is 0 Å². The quantitative estimate of drug-likeness (QED) is 0.136. The molecule has 5 aromatic rings. The molecule has 0 N–H and O–H groups in total. The van der Waals surface area contributed by atoms with Crippen molar-refractivity contribution in [3.05, 3.63) is 35.0 Å². The fourth-order valence-corrected chi connectivity index (χ4v) is 7.51. The van der Waals surface area contributed by atoms with Gasteiger partial charge in [0.25, 0.3) is 0 Å². The lowest BCUT2D eigenvalue weighted by Crippen LogP contribution is -1.98. The Morgan fingerprint density at radius 1 is 0.529 bits per heavy atom. The Kier molecular flexibility index (Phi) is 7.96. The van der Waals surface area contributed by atoms with Gasteiger partial charge in [-0.1, -0.05) is 78.1 Å². The first-order valence-electron chi connectivity index (χ1n) is 13.7. The van der Waals surface area contributed by atoms with E-state index in [1.165, 1.54) is 119 Å². The summed E-state index contributed by atoms with van der Waals surface area (Å²) in [5.74, 6) is 0. The van der Waals surface area contributed by atoms with Crippen LogP contribution in [0.25, 0.3) is 42.2 Å². The highest BCUT2D eigenvalue weighted by Gasteiger charge is 2.18. The van der Waals surface area contributed by atoms with Crippen LogP contribution in [0.4, 0.5) is 0 Å². The Hall–Kier alpha value is -1.78. The molecule has 0 aliphatic carbocycles. The third-order valence-corrected chi connectivity index (χ3v) is 9.40. The molecule has 0 unspecified atom stereocenters. The van der Waals surface area contributed by atoms with Crippen molar-refractivity contribution in [3.8, 4) is 0 Å². The zero-order valence-corrected chi connectivity index (χ0v) is 22.7. The summed E-state index contributed by atoms with van der Waals surface area (Å²) in [6.07, 6.45) is 16.2. The van der Waals surface area contributed by atoms with E-state index in [1.54, 1.807) is 0 Å². The van der Waals surface area contributed by atoms with Crippen LogP contribution < -0.4 is 0 Å². The van der Waals surface area contributed by atoms with Gasteiger partial charge in [0.1, 0.15) is 0 Å². The lowest BCUT2D eigenvalue weighted by molar-refractivity contribution is 0.570. The molecular formula is C30H40N2S2. The van der Waals surface area contributed by atoms with E-state index in [2.05, 4.69) is 58.0 Å². The topological polar surface area (TPSA) is 9.86 Å². The van der Waals surface area contributed by atoms with Gasteiger partial charge in [0.15, 0.2) is 0 Å². The lowest BCUT2D eigenvalue weighted by atomic mass is 10.1. The van der Waals surface area contributed by atoms with E-state index in [0.29, 0.717) is 0 Å². The third-order valence-electron chi connectivity index (χ3n) is 7.53. The van der Waals surface area contributed by atoms with Crippen LogP contribution in [-0.4, -0.2) is 9.13 Å². The molecule has 0 aliphatic heterocycles. The molecular weight excluding hydrogens is 452 g/mol. The number of rotatable bonds is 14. The van der Waals surface area contributed by atoms with E-state index in [1.807, 2.05) is 22.7 Å². The fraction of sp³-hybridized carbons (Fsp3) is 0.533. The first-order chi connectivity index (χ1) is 16.8. The van der Waals surface area contributed by atoms with E-state index >= 15 is 0 Å². The highest BCUT2D eigenvalue weighted by molar-refractivity contribution is 7.18. The van der Waals surface area contributed by atoms with Gasteiger partial charge in [0, 0.05) is 23.9 Å². The van der Waals surface area contributed by atoms with Crippen LogP contribution in [-0.2, 0) is 13.1 Å². The molecule has 4 heteroatoms. The minimum absolute atomic E-state index is 1.14. The van der Waals surface area contributed by atoms with Gasteiger partial charge in [-0.05, 0) is 47.9 Å². The molecule has 0 radical (unpaired) electrons. The summed E-state index contributed by atoms with van der Waals surface area (Å²) < 4.78 is 8.17. The Labute approximate surface area is 212 Å². The van der Waals surface area contributed by atoms with Crippen molar-refractivity contribution in [2.24, 2.45) is 0 Å². The summed E-state index contributed by atoms with van der Waals surface area (Å²) in [4.78, 5) is 0. The summed E-state index contributed by atoms with van der Waals surface area (Å²) in [6, 6.07) is 9.72. The Bertz CT molecular complexity index is 1240. The van der Waals surface area contributed by atoms with Gasteiger partial charge in [0.2, 0.25) is 0 Å². The van der Waals surface area contributed by atoms with Crippen molar-refractivity contribution in [2.45, 2.75) is 104 Å². The summed E-state index contributed by atoms with van der Waals surface area (Å²) in [6.45, 7) is 6.87. The zero-order chi connectivity index (χ0) is 23.3. The maximum atomic E-state index is 2.62. The molecule has 182 valence electrons. The number of aryl methyl sites for hydroxylation is 2. The van der Waals surface area contributed by atoms with Gasteiger partial charge in [0.05, 0.1) is 31.5 Å². The number of thiophene rings is 2. The van der Waals surface area contributed by atoms with Crippen molar-refractivity contribution < 1.29 is 0 Å². The smallest absolute Gasteiger partial charge is 0.0601 e. The minimum Gasteiger partial charge on any atom is -0.340 e. The van der Waals surface area contributed by atoms with Crippen LogP contribution >= 0.6 is 22.7 Å². The molecule has 2 nitrogen and oxygen atoms in total. The molecule has 0 saturated heterocycles. The van der Waals surface area contributed by atoms with Crippen LogP contribution in [0.2, 0.25) is 0 Å². The molecule has 5 rings (SSSR count). The van der Waals surface area contributed by atoms with Crippen molar-refractivity contribution in [1.82, 2.24) is 9.13 Å². The summed E-state index contributed by atoms with van der Waals surface area (Å²) in [5.41, 5.74) is 5.75. The highest BCUT2D eigenvalue weighted by atomic mass is 32.1. The summed E-state index contributed by atoms with van der Waals surface area (Å²) >= 11 is 3.83. The molecule has 0 aliphatic rings. The van der Waals surface area contributed by atoms with E-state index in [4.69, 9.17) is 0 Å². The lowest BCUT2D eigenvalue weighted by Gasteiger charge is -2.09. The van der Waals surface area contributed by atoms with Crippen LogP contribution in [0.3, 0.4) is 0 Å². The largest absolute Gasteiger partial charge is 0.340 e. The van der Waals surface area contributed by atoms with Crippen molar-refractivity contribution in [1.29, 1.82) is 0 Å². The van der Waals surface area contributed by atoms with Gasteiger partial charge in [-0.25, -0.2) is 0 Å². The number of nitrogens with zero attached hydrogens (tertiary/aromatic N) is 2. The first kappa shape index (κ1) is 23.9. The van der Waals surface area contributed by atoms with Gasteiger partial charge >= 0.3 is 0 Å². The predicted octanol–water partition coefficient (Wildman–Crippen LogP) is 10.7. The maximum absolute atomic E-state index is 2.62. The molecule has 0 spiro atoms. The van der Waals surface area contributed by atoms with Crippen LogP contribution in [0.15, 0.2) is 35.0 Å². The van der Waals surface area contributed by atoms with Crippen molar-refractivity contribution in [2.75, 3.05) is 0 Å². The molecule has 4 aromatic heterocycles. The Morgan fingerprint density at radius 3 is 1.38 bits per heavy atom. The number of unbranched alkanes of at least 4 members (excludes halogenated alkanes) is 10. The van der Waals surface area contributed by atoms with E-state index in [9.17, 15) is 0 Å². The monoisotopic (exact) mass is 492 g/mol. The molecule has 0 saturated carbocycles. The third kappa shape index (κ3) is 4.68. The number of hydrogen-bond donors (Lipinski definition) is 0. The van der Waals surface area contributed by atoms with Gasteiger partial charge in [-0.2, -0.15) is 0 Å². The fourth-order valence-electron chi connectivity index (χ4n) is 5.66. The molecule has 34 heavy (non-hydrogen) atoms.